The van der Waals surface area contributed by atoms with Crippen molar-refractivity contribution < 1.29 is 9.53 Å². The van der Waals surface area contributed by atoms with Crippen molar-refractivity contribution in [1.82, 2.24) is 10.2 Å². The lowest BCUT2D eigenvalue weighted by Crippen LogP contribution is -2.48. The number of piperidine rings is 1. The fraction of sp³-hybridized carbons (Fsp3) is 0.917. The highest BCUT2D eigenvalue weighted by atomic mass is 16.5. The Labute approximate surface area is 97.3 Å². The van der Waals surface area contributed by atoms with Crippen molar-refractivity contribution in [2.75, 3.05) is 26.2 Å². The third-order valence-electron chi connectivity index (χ3n) is 3.32. The molecule has 0 aromatic carbocycles. The predicted octanol–water partition coefficient (Wildman–Crippen LogP) is 1.61. The lowest BCUT2D eigenvalue weighted by Gasteiger charge is -2.32. The summed E-state index contributed by atoms with van der Waals surface area (Å²) in [7, 11) is 0. The average molecular weight is 226 g/mol. The Hall–Kier alpha value is -0.770. The Morgan fingerprint density at radius 2 is 2.25 bits per heavy atom. The van der Waals surface area contributed by atoms with Gasteiger partial charge in [-0.2, -0.15) is 0 Å². The molecular formula is C12H22N2O2. The molecule has 2 aliphatic rings. The summed E-state index contributed by atoms with van der Waals surface area (Å²) >= 11 is 0. The van der Waals surface area contributed by atoms with Crippen LogP contribution in [0.2, 0.25) is 0 Å². The Bertz CT molecular complexity index is 241. The molecule has 0 aromatic rings. The number of amides is 1. The van der Waals surface area contributed by atoms with Gasteiger partial charge in [-0.05, 0) is 45.1 Å². The van der Waals surface area contributed by atoms with Crippen LogP contribution in [0.1, 0.15) is 32.6 Å². The highest BCUT2D eigenvalue weighted by Gasteiger charge is 2.28. The molecule has 4 heteroatoms. The zero-order valence-electron chi connectivity index (χ0n) is 10.1. The van der Waals surface area contributed by atoms with E-state index in [1.165, 1.54) is 32.4 Å². The maximum atomic E-state index is 11.3. The molecule has 0 radical (unpaired) electrons. The number of hydrogen-bond acceptors (Lipinski definition) is 3. The monoisotopic (exact) mass is 226 g/mol. The van der Waals surface area contributed by atoms with Crippen LogP contribution < -0.4 is 5.32 Å². The number of nitrogens with one attached hydrogen (secondary N) is 1. The highest BCUT2D eigenvalue weighted by molar-refractivity contribution is 5.67. The van der Waals surface area contributed by atoms with Gasteiger partial charge in [0.1, 0.15) is 0 Å². The molecule has 0 spiro atoms. The Balaban J connectivity index is 1.70. The first kappa shape index (κ1) is 11.7. The normalized spacial score (nSPS) is 26.4. The van der Waals surface area contributed by atoms with E-state index in [1.807, 2.05) is 6.92 Å². The van der Waals surface area contributed by atoms with E-state index >= 15 is 0 Å². The zero-order valence-corrected chi connectivity index (χ0v) is 10.1. The third-order valence-corrected chi connectivity index (χ3v) is 3.32. The molecule has 1 unspecified atom stereocenters. The summed E-state index contributed by atoms with van der Waals surface area (Å²) in [5.74, 6) is 0.932. The van der Waals surface area contributed by atoms with Gasteiger partial charge in [0.25, 0.3) is 0 Å². The molecule has 4 nitrogen and oxygen atoms in total. The van der Waals surface area contributed by atoms with Crippen LogP contribution >= 0.6 is 0 Å². The Kier molecular flexibility index (Phi) is 4.04. The molecule has 0 bridgehead atoms. The number of carbonyl (C=O) groups is 1. The van der Waals surface area contributed by atoms with Crippen molar-refractivity contribution in [3.8, 4) is 0 Å². The summed E-state index contributed by atoms with van der Waals surface area (Å²) in [5, 5.41) is 2.94. The van der Waals surface area contributed by atoms with Crippen LogP contribution in [-0.2, 0) is 4.74 Å². The first-order chi connectivity index (χ1) is 7.78. The van der Waals surface area contributed by atoms with Crippen LogP contribution in [0.5, 0.6) is 0 Å². The average Bonchev–Trinajstić information content (AvgIpc) is 3.02. The summed E-state index contributed by atoms with van der Waals surface area (Å²) in [6, 6.07) is 0.284. The molecule has 1 amide bonds. The minimum Gasteiger partial charge on any atom is -0.450 e. The van der Waals surface area contributed by atoms with E-state index in [2.05, 4.69) is 10.2 Å². The number of nitrogens with zero attached hydrogens (tertiary/aromatic N) is 1. The molecule has 1 heterocycles. The summed E-state index contributed by atoms with van der Waals surface area (Å²) in [6.45, 7) is 5.69. The third kappa shape index (κ3) is 3.67. The second-order valence-corrected chi connectivity index (χ2v) is 4.91. The zero-order chi connectivity index (χ0) is 11.4. The number of carbonyl (C=O) groups excluding carboxylic acids is 1. The van der Waals surface area contributed by atoms with E-state index in [0.29, 0.717) is 6.61 Å². The van der Waals surface area contributed by atoms with Crippen LogP contribution in [0, 0.1) is 5.92 Å². The molecule has 92 valence electrons. The van der Waals surface area contributed by atoms with Crippen molar-refractivity contribution >= 4 is 6.09 Å². The molecule has 1 saturated carbocycles. The standard InChI is InChI=1S/C12H22N2O2/c1-2-16-12(15)13-11-4-3-7-14(9-11)8-10-5-6-10/h10-11H,2-9H2,1H3,(H,13,15). The predicted molar refractivity (Wildman–Crippen MR) is 62.3 cm³/mol. The minimum atomic E-state index is -0.263. The lowest BCUT2D eigenvalue weighted by molar-refractivity contribution is 0.133. The van der Waals surface area contributed by atoms with Crippen LogP contribution in [0.3, 0.4) is 0 Å². The highest BCUT2D eigenvalue weighted by Crippen LogP contribution is 2.30. The van der Waals surface area contributed by atoms with Gasteiger partial charge in [-0.25, -0.2) is 4.79 Å². The van der Waals surface area contributed by atoms with E-state index < -0.39 is 0 Å². The number of likely N-dealkylation sites (tertiary alicyclic amines) is 1. The van der Waals surface area contributed by atoms with E-state index in [4.69, 9.17) is 4.74 Å². The maximum absolute atomic E-state index is 11.3. The second-order valence-electron chi connectivity index (χ2n) is 4.91. The molecule has 2 fully saturated rings. The molecule has 2 rings (SSSR count). The van der Waals surface area contributed by atoms with E-state index in [-0.39, 0.29) is 12.1 Å². The van der Waals surface area contributed by atoms with Crippen molar-refractivity contribution in [3.05, 3.63) is 0 Å². The number of rotatable bonds is 4. The number of alkyl carbamates (subject to hydrolysis) is 1. The molecule has 1 atom stereocenters. The topological polar surface area (TPSA) is 41.6 Å². The van der Waals surface area contributed by atoms with E-state index in [1.54, 1.807) is 0 Å². The van der Waals surface area contributed by atoms with Crippen LogP contribution in [0.4, 0.5) is 4.79 Å². The number of ether oxygens (including phenoxy) is 1. The van der Waals surface area contributed by atoms with Crippen molar-refractivity contribution in [2.24, 2.45) is 5.92 Å². The summed E-state index contributed by atoms with van der Waals surface area (Å²) < 4.78 is 4.90. The molecule has 1 saturated heterocycles. The smallest absolute Gasteiger partial charge is 0.407 e. The summed E-state index contributed by atoms with van der Waals surface area (Å²) in [5.41, 5.74) is 0. The fourth-order valence-corrected chi connectivity index (χ4v) is 2.34. The number of hydrogen-bond donors (Lipinski definition) is 1. The van der Waals surface area contributed by atoms with Gasteiger partial charge < -0.3 is 15.0 Å². The van der Waals surface area contributed by atoms with E-state index in [9.17, 15) is 4.79 Å². The molecule has 0 aromatic heterocycles. The first-order valence-electron chi connectivity index (χ1n) is 6.43. The van der Waals surface area contributed by atoms with Crippen molar-refractivity contribution in [3.63, 3.8) is 0 Å². The second kappa shape index (κ2) is 5.53. The van der Waals surface area contributed by atoms with E-state index in [0.717, 1.165) is 18.9 Å². The maximum Gasteiger partial charge on any atom is 0.407 e. The van der Waals surface area contributed by atoms with Crippen LogP contribution in [0.15, 0.2) is 0 Å². The fourth-order valence-electron chi connectivity index (χ4n) is 2.34. The Morgan fingerprint density at radius 1 is 1.44 bits per heavy atom. The van der Waals surface area contributed by atoms with Gasteiger partial charge in [0, 0.05) is 19.1 Å². The summed E-state index contributed by atoms with van der Waals surface area (Å²) in [6.07, 6.45) is 4.80. The molecule has 16 heavy (non-hydrogen) atoms. The minimum absolute atomic E-state index is 0.263. The van der Waals surface area contributed by atoms with Gasteiger partial charge in [0.05, 0.1) is 6.61 Å². The van der Waals surface area contributed by atoms with Gasteiger partial charge in [-0.3, -0.25) is 0 Å². The van der Waals surface area contributed by atoms with Gasteiger partial charge >= 0.3 is 6.09 Å². The molecule has 1 N–H and O–H groups in total. The Morgan fingerprint density at radius 3 is 2.94 bits per heavy atom. The van der Waals surface area contributed by atoms with Gasteiger partial charge in [0.2, 0.25) is 0 Å². The van der Waals surface area contributed by atoms with Crippen LogP contribution in [-0.4, -0.2) is 43.3 Å². The quantitative estimate of drug-likeness (QED) is 0.791. The first-order valence-corrected chi connectivity index (χ1v) is 6.43. The van der Waals surface area contributed by atoms with Crippen molar-refractivity contribution in [2.45, 2.75) is 38.6 Å². The lowest BCUT2D eigenvalue weighted by atomic mass is 10.1. The van der Waals surface area contributed by atoms with Crippen LogP contribution in [0.25, 0.3) is 0 Å². The SMILES string of the molecule is CCOC(=O)NC1CCCN(CC2CC2)C1. The molecule has 1 aliphatic heterocycles. The van der Waals surface area contributed by atoms with Gasteiger partial charge in [-0.15, -0.1) is 0 Å². The van der Waals surface area contributed by atoms with Gasteiger partial charge in [-0.1, -0.05) is 0 Å². The summed E-state index contributed by atoms with van der Waals surface area (Å²) in [4.78, 5) is 13.8. The van der Waals surface area contributed by atoms with Crippen molar-refractivity contribution in [1.29, 1.82) is 0 Å². The van der Waals surface area contributed by atoms with Gasteiger partial charge in [0.15, 0.2) is 0 Å². The largest absolute Gasteiger partial charge is 0.450 e. The molecule has 1 aliphatic carbocycles. The molecular weight excluding hydrogens is 204 g/mol.